The predicted octanol–water partition coefficient (Wildman–Crippen LogP) is 1.40. The van der Waals surface area contributed by atoms with Crippen LogP contribution in [0.25, 0.3) is 6.08 Å². The third kappa shape index (κ3) is 4.98. The standard InChI is InChI=1S/C17H20N2O5/c1-22-15-3-2-13(10-14(12-18)17(20)21)11-16(15)24-9-6-19-4-7-23-8-5-19/h2-3,10-11H,4-9H2,1H3,(H,20,21). The molecule has 2 rings (SSSR count). The Hall–Kier alpha value is -2.56. The van der Waals surface area contributed by atoms with E-state index in [1.807, 2.05) is 0 Å². The van der Waals surface area contributed by atoms with E-state index in [0.29, 0.717) is 23.7 Å². The Morgan fingerprint density at radius 1 is 1.42 bits per heavy atom. The van der Waals surface area contributed by atoms with Crippen LogP contribution in [0.1, 0.15) is 5.56 Å². The SMILES string of the molecule is COc1ccc(C=C(C#N)C(=O)O)cc1OCCN1CCOCC1. The number of ether oxygens (including phenoxy) is 3. The van der Waals surface area contributed by atoms with Crippen LogP contribution in [-0.2, 0) is 9.53 Å². The minimum absolute atomic E-state index is 0.334. The highest BCUT2D eigenvalue weighted by atomic mass is 16.5. The second-order valence-electron chi connectivity index (χ2n) is 5.19. The van der Waals surface area contributed by atoms with Crippen molar-refractivity contribution in [1.82, 2.24) is 4.90 Å². The van der Waals surface area contributed by atoms with E-state index in [2.05, 4.69) is 4.90 Å². The summed E-state index contributed by atoms with van der Waals surface area (Å²) in [5.74, 6) is -0.187. The van der Waals surface area contributed by atoms with Gasteiger partial charge in [0.25, 0.3) is 0 Å². The molecule has 0 aromatic heterocycles. The summed E-state index contributed by atoms with van der Waals surface area (Å²) in [6.45, 7) is 4.48. The molecule has 24 heavy (non-hydrogen) atoms. The van der Waals surface area contributed by atoms with Crippen molar-refractivity contribution in [3.63, 3.8) is 0 Å². The summed E-state index contributed by atoms with van der Waals surface area (Å²) in [7, 11) is 1.54. The molecule has 1 aliphatic rings. The van der Waals surface area contributed by atoms with Crippen LogP contribution in [0.15, 0.2) is 23.8 Å². The van der Waals surface area contributed by atoms with Crippen molar-refractivity contribution in [3.8, 4) is 17.6 Å². The van der Waals surface area contributed by atoms with E-state index in [-0.39, 0.29) is 5.57 Å². The molecule has 0 bridgehead atoms. The van der Waals surface area contributed by atoms with Crippen LogP contribution in [0.3, 0.4) is 0 Å². The molecule has 1 aliphatic heterocycles. The van der Waals surface area contributed by atoms with Crippen molar-refractivity contribution >= 4 is 12.0 Å². The molecule has 0 spiro atoms. The molecule has 128 valence electrons. The number of carboxylic acids is 1. The van der Waals surface area contributed by atoms with Gasteiger partial charge in [0.2, 0.25) is 0 Å². The molecule has 7 heteroatoms. The number of carboxylic acid groups (broad SMARTS) is 1. The summed E-state index contributed by atoms with van der Waals surface area (Å²) in [5, 5.41) is 17.8. The summed E-state index contributed by atoms with van der Waals surface area (Å²) in [6, 6.07) is 6.68. The highest BCUT2D eigenvalue weighted by molar-refractivity contribution is 5.96. The smallest absolute Gasteiger partial charge is 0.346 e. The number of carbonyl (C=O) groups is 1. The maximum Gasteiger partial charge on any atom is 0.346 e. The lowest BCUT2D eigenvalue weighted by Gasteiger charge is -2.26. The molecule has 1 heterocycles. The number of methoxy groups -OCH3 is 1. The Bertz CT molecular complexity index is 645. The summed E-state index contributed by atoms with van der Waals surface area (Å²) < 4.78 is 16.3. The normalized spacial score (nSPS) is 15.6. The van der Waals surface area contributed by atoms with Gasteiger partial charge in [-0.25, -0.2) is 4.79 Å². The summed E-state index contributed by atoms with van der Waals surface area (Å²) in [5.41, 5.74) is 0.232. The Morgan fingerprint density at radius 3 is 2.79 bits per heavy atom. The monoisotopic (exact) mass is 332 g/mol. The first kappa shape index (κ1) is 17.8. The Kier molecular flexibility index (Phi) is 6.61. The molecule has 0 atom stereocenters. The largest absolute Gasteiger partial charge is 0.493 e. The third-order valence-corrected chi connectivity index (χ3v) is 3.62. The average molecular weight is 332 g/mol. The Labute approximate surface area is 140 Å². The number of hydrogen-bond donors (Lipinski definition) is 1. The van der Waals surface area contributed by atoms with Gasteiger partial charge in [0.15, 0.2) is 11.5 Å². The predicted molar refractivity (Wildman–Crippen MR) is 87.0 cm³/mol. The van der Waals surface area contributed by atoms with Crippen molar-refractivity contribution < 1.29 is 24.1 Å². The summed E-state index contributed by atoms with van der Waals surface area (Å²) in [6.07, 6.45) is 1.30. The van der Waals surface area contributed by atoms with Gasteiger partial charge in [-0.05, 0) is 23.8 Å². The molecule has 0 radical (unpaired) electrons. The number of benzene rings is 1. The van der Waals surface area contributed by atoms with E-state index in [1.54, 1.807) is 24.3 Å². The van der Waals surface area contributed by atoms with E-state index < -0.39 is 5.97 Å². The Balaban J connectivity index is 2.05. The molecule has 1 N–H and O–H groups in total. The minimum Gasteiger partial charge on any atom is -0.493 e. The number of hydrogen-bond acceptors (Lipinski definition) is 6. The minimum atomic E-state index is -1.26. The molecular formula is C17H20N2O5. The highest BCUT2D eigenvalue weighted by Crippen LogP contribution is 2.29. The van der Waals surface area contributed by atoms with Crippen LogP contribution in [-0.4, -0.2) is 62.5 Å². The lowest BCUT2D eigenvalue weighted by Crippen LogP contribution is -2.38. The van der Waals surface area contributed by atoms with Crippen molar-refractivity contribution in [3.05, 3.63) is 29.3 Å². The number of aliphatic carboxylic acids is 1. The molecule has 0 amide bonds. The fourth-order valence-corrected chi connectivity index (χ4v) is 2.31. The first-order chi connectivity index (χ1) is 11.6. The van der Waals surface area contributed by atoms with Crippen molar-refractivity contribution in [1.29, 1.82) is 5.26 Å². The van der Waals surface area contributed by atoms with Gasteiger partial charge in [-0.1, -0.05) is 6.07 Å². The van der Waals surface area contributed by atoms with Crippen LogP contribution >= 0.6 is 0 Å². The number of morpholine rings is 1. The molecule has 1 fully saturated rings. The van der Waals surface area contributed by atoms with Gasteiger partial charge in [0.05, 0.1) is 20.3 Å². The van der Waals surface area contributed by atoms with Crippen LogP contribution in [0.5, 0.6) is 11.5 Å². The number of rotatable bonds is 7. The molecule has 1 aromatic carbocycles. The molecular weight excluding hydrogens is 312 g/mol. The molecule has 0 aliphatic carbocycles. The van der Waals surface area contributed by atoms with E-state index in [9.17, 15) is 4.79 Å². The van der Waals surface area contributed by atoms with Crippen LogP contribution < -0.4 is 9.47 Å². The van der Waals surface area contributed by atoms with E-state index in [4.69, 9.17) is 24.6 Å². The first-order valence-electron chi connectivity index (χ1n) is 7.60. The van der Waals surface area contributed by atoms with E-state index in [1.165, 1.54) is 13.2 Å². The Morgan fingerprint density at radius 2 is 2.17 bits per heavy atom. The summed E-state index contributed by atoms with van der Waals surface area (Å²) >= 11 is 0. The third-order valence-electron chi connectivity index (χ3n) is 3.62. The maximum atomic E-state index is 10.9. The van der Waals surface area contributed by atoms with Crippen molar-refractivity contribution in [2.24, 2.45) is 0 Å². The van der Waals surface area contributed by atoms with Gasteiger partial charge < -0.3 is 19.3 Å². The zero-order chi connectivity index (χ0) is 17.4. The van der Waals surface area contributed by atoms with Crippen LogP contribution in [0.4, 0.5) is 0 Å². The summed E-state index contributed by atoms with van der Waals surface area (Å²) in [4.78, 5) is 13.2. The molecule has 0 saturated carbocycles. The van der Waals surface area contributed by atoms with Crippen molar-refractivity contribution in [2.75, 3.05) is 46.6 Å². The number of nitrogens with zero attached hydrogens (tertiary/aromatic N) is 2. The highest BCUT2D eigenvalue weighted by Gasteiger charge is 2.12. The van der Waals surface area contributed by atoms with Crippen molar-refractivity contribution in [2.45, 2.75) is 0 Å². The average Bonchev–Trinajstić information content (AvgIpc) is 2.60. The van der Waals surface area contributed by atoms with Gasteiger partial charge in [0, 0.05) is 19.6 Å². The zero-order valence-corrected chi connectivity index (χ0v) is 13.5. The zero-order valence-electron chi connectivity index (χ0n) is 13.5. The van der Waals surface area contributed by atoms with Gasteiger partial charge in [-0.3, -0.25) is 4.90 Å². The fraction of sp³-hybridized carbons (Fsp3) is 0.412. The quantitative estimate of drug-likeness (QED) is 0.596. The maximum absolute atomic E-state index is 10.9. The van der Waals surface area contributed by atoms with E-state index in [0.717, 1.165) is 32.8 Å². The van der Waals surface area contributed by atoms with Gasteiger partial charge in [-0.15, -0.1) is 0 Å². The van der Waals surface area contributed by atoms with Crippen LogP contribution in [0.2, 0.25) is 0 Å². The molecule has 7 nitrogen and oxygen atoms in total. The molecule has 0 unspecified atom stereocenters. The van der Waals surface area contributed by atoms with Crippen LogP contribution in [0, 0.1) is 11.3 Å². The lowest BCUT2D eigenvalue weighted by atomic mass is 10.1. The first-order valence-corrected chi connectivity index (χ1v) is 7.60. The van der Waals surface area contributed by atoms with Gasteiger partial charge in [0.1, 0.15) is 18.2 Å². The van der Waals surface area contributed by atoms with E-state index >= 15 is 0 Å². The lowest BCUT2D eigenvalue weighted by molar-refractivity contribution is -0.132. The second-order valence-corrected chi connectivity index (χ2v) is 5.19. The fourth-order valence-electron chi connectivity index (χ4n) is 2.31. The second kappa shape index (κ2) is 8.91. The van der Waals surface area contributed by atoms with Gasteiger partial charge in [-0.2, -0.15) is 5.26 Å². The number of nitriles is 1. The van der Waals surface area contributed by atoms with Gasteiger partial charge >= 0.3 is 5.97 Å². The topological polar surface area (TPSA) is 92.0 Å². The molecule has 1 aromatic rings. The molecule has 1 saturated heterocycles.